The lowest BCUT2D eigenvalue weighted by Crippen LogP contribution is -2.26. The molecule has 27 heavy (non-hydrogen) atoms. The highest BCUT2D eigenvalue weighted by atomic mass is 35.5. The molecule has 0 saturated carbocycles. The van der Waals surface area contributed by atoms with E-state index in [-0.39, 0.29) is 11.1 Å². The Bertz CT molecular complexity index is 774. The molecule has 0 atom stereocenters. The summed E-state index contributed by atoms with van der Waals surface area (Å²) >= 11 is 5.95. The van der Waals surface area contributed by atoms with Gasteiger partial charge in [-0.2, -0.15) is 0 Å². The molecular formula is C20H25ClN4O2. The normalized spacial score (nSPS) is 11.5. The highest BCUT2D eigenvalue weighted by Gasteiger charge is 2.11. The van der Waals surface area contributed by atoms with Gasteiger partial charge in [-0.1, -0.05) is 42.7 Å². The first-order valence-corrected chi connectivity index (χ1v) is 9.34. The SMILES string of the molecule is CCN(CC)CCO/N=C(/C)c1ccc(NC(=O)c2cccnc2Cl)cc1. The Labute approximate surface area is 165 Å². The molecule has 0 unspecified atom stereocenters. The summed E-state index contributed by atoms with van der Waals surface area (Å²) in [4.78, 5) is 23.8. The van der Waals surface area contributed by atoms with Crippen molar-refractivity contribution in [1.82, 2.24) is 9.88 Å². The molecule has 2 aromatic rings. The quantitative estimate of drug-likeness (QED) is 0.304. The van der Waals surface area contributed by atoms with E-state index in [0.29, 0.717) is 17.9 Å². The summed E-state index contributed by atoms with van der Waals surface area (Å²) in [7, 11) is 0. The van der Waals surface area contributed by atoms with Crippen molar-refractivity contribution in [2.45, 2.75) is 20.8 Å². The van der Waals surface area contributed by atoms with Crippen LogP contribution in [0, 0.1) is 0 Å². The summed E-state index contributed by atoms with van der Waals surface area (Å²) in [6, 6.07) is 10.7. The van der Waals surface area contributed by atoms with Crippen molar-refractivity contribution in [3.63, 3.8) is 0 Å². The summed E-state index contributed by atoms with van der Waals surface area (Å²) in [5.74, 6) is -0.300. The van der Waals surface area contributed by atoms with Gasteiger partial charge in [-0.15, -0.1) is 0 Å². The average molecular weight is 389 g/mol. The number of carbonyl (C=O) groups excluding carboxylic acids is 1. The molecular weight excluding hydrogens is 364 g/mol. The maximum Gasteiger partial charge on any atom is 0.258 e. The molecule has 1 heterocycles. The van der Waals surface area contributed by atoms with Gasteiger partial charge in [0, 0.05) is 18.4 Å². The van der Waals surface area contributed by atoms with Gasteiger partial charge in [-0.25, -0.2) is 4.98 Å². The highest BCUT2D eigenvalue weighted by Crippen LogP contribution is 2.16. The lowest BCUT2D eigenvalue weighted by atomic mass is 10.1. The third-order valence-electron chi connectivity index (χ3n) is 4.16. The minimum Gasteiger partial charge on any atom is -0.394 e. The standard InChI is InChI=1S/C20H25ClN4O2/c1-4-25(5-2)13-14-27-24-15(3)16-8-10-17(11-9-16)23-20(26)18-7-6-12-22-19(18)21/h6-12H,4-5,13-14H2,1-3H3,(H,23,26)/b24-15-. The lowest BCUT2D eigenvalue weighted by molar-refractivity contribution is 0.102. The minimum absolute atomic E-state index is 0.177. The second kappa shape index (κ2) is 10.6. The summed E-state index contributed by atoms with van der Waals surface area (Å²) in [6.07, 6.45) is 1.54. The molecule has 7 heteroatoms. The minimum atomic E-state index is -0.300. The number of rotatable bonds is 9. The highest BCUT2D eigenvalue weighted by molar-refractivity contribution is 6.33. The molecule has 0 bridgehead atoms. The number of anilines is 1. The molecule has 0 radical (unpaired) electrons. The predicted octanol–water partition coefficient (Wildman–Crippen LogP) is 4.07. The number of carbonyl (C=O) groups is 1. The van der Waals surface area contributed by atoms with E-state index in [2.05, 4.69) is 34.2 Å². The third-order valence-corrected chi connectivity index (χ3v) is 4.46. The Kier molecular flexibility index (Phi) is 8.23. The van der Waals surface area contributed by atoms with E-state index >= 15 is 0 Å². The van der Waals surface area contributed by atoms with E-state index < -0.39 is 0 Å². The van der Waals surface area contributed by atoms with Crippen molar-refractivity contribution >= 4 is 28.9 Å². The van der Waals surface area contributed by atoms with E-state index in [1.165, 1.54) is 0 Å². The van der Waals surface area contributed by atoms with E-state index in [0.717, 1.165) is 30.9 Å². The maximum atomic E-state index is 12.2. The van der Waals surface area contributed by atoms with Crippen LogP contribution in [0.15, 0.2) is 47.8 Å². The van der Waals surface area contributed by atoms with Gasteiger partial charge >= 0.3 is 0 Å². The number of hydrogen-bond acceptors (Lipinski definition) is 5. The van der Waals surface area contributed by atoms with Crippen molar-refractivity contribution in [2.24, 2.45) is 5.16 Å². The number of benzene rings is 1. The van der Waals surface area contributed by atoms with Crippen molar-refractivity contribution in [3.05, 3.63) is 58.9 Å². The Balaban J connectivity index is 1.91. The molecule has 6 nitrogen and oxygen atoms in total. The van der Waals surface area contributed by atoms with Gasteiger partial charge in [0.15, 0.2) is 0 Å². The van der Waals surface area contributed by atoms with Crippen LogP contribution in [0.25, 0.3) is 0 Å². The first kappa shape index (κ1) is 20.9. The number of pyridine rings is 1. The maximum absolute atomic E-state index is 12.2. The molecule has 0 aliphatic carbocycles. The molecule has 1 N–H and O–H groups in total. The van der Waals surface area contributed by atoms with Crippen LogP contribution in [0.4, 0.5) is 5.69 Å². The number of nitrogens with zero attached hydrogens (tertiary/aromatic N) is 3. The zero-order valence-corrected chi connectivity index (χ0v) is 16.7. The molecule has 0 spiro atoms. The third kappa shape index (κ3) is 6.34. The van der Waals surface area contributed by atoms with Gasteiger partial charge in [0.05, 0.1) is 11.3 Å². The van der Waals surface area contributed by atoms with Crippen LogP contribution in [0.5, 0.6) is 0 Å². The number of halogens is 1. The molecule has 0 saturated heterocycles. The summed E-state index contributed by atoms with van der Waals surface area (Å²) < 4.78 is 0. The van der Waals surface area contributed by atoms with Crippen LogP contribution >= 0.6 is 11.6 Å². The Hall–Kier alpha value is -2.44. The topological polar surface area (TPSA) is 66.8 Å². The molecule has 0 aliphatic heterocycles. The predicted molar refractivity (Wildman–Crippen MR) is 110 cm³/mol. The van der Waals surface area contributed by atoms with Crippen LogP contribution in [0.3, 0.4) is 0 Å². The lowest BCUT2D eigenvalue weighted by Gasteiger charge is -2.16. The molecule has 1 aromatic carbocycles. The van der Waals surface area contributed by atoms with Gasteiger partial charge in [-0.05, 0) is 49.8 Å². The number of amides is 1. The number of aromatic nitrogens is 1. The van der Waals surface area contributed by atoms with Crippen molar-refractivity contribution < 1.29 is 9.63 Å². The van der Waals surface area contributed by atoms with E-state index in [4.69, 9.17) is 16.4 Å². The van der Waals surface area contributed by atoms with E-state index in [9.17, 15) is 4.79 Å². The first-order chi connectivity index (χ1) is 13.0. The average Bonchev–Trinajstić information content (AvgIpc) is 2.68. The van der Waals surface area contributed by atoms with Crippen LogP contribution in [-0.2, 0) is 4.84 Å². The summed E-state index contributed by atoms with van der Waals surface area (Å²) in [5, 5.41) is 7.14. The van der Waals surface area contributed by atoms with Gasteiger partial charge in [0.2, 0.25) is 0 Å². The molecule has 2 rings (SSSR count). The Morgan fingerprint density at radius 1 is 1.22 bits per heavy atom. The van der Waals surface area contributed by atoms with Crippen LogP contribution in [-0.4, -0.2) is 47.7 Å². The number of oxime groups is 1. The molecule has 0 aliphatic rings. The second-order valence-electron chi connectivity index (χ2n) is 5.91. The van der Waals surface area contributed by atoms with Crippen LogP contribution in [0.2, 0.25) is 5.15 Å². The molecule has 0 fully saturated rings. The van der Waals surface area contributed by atoms with Crippen molar-refractivity contribution in [1.29, 1.82) is 0 Å². The largest absolute Gasteiger partial charge is 0.394 e. The van der Waals surface area contributed by atoms with Gasteiger partial charge in [0.1, 0.15) is 11.8 Å². The zero-order chi connectivity index (χ0) is 19.6. The van der Waals surface area contributed by atoms with Crippen LogP contribution in [0.1, 0.15) is 36.7 Å². The zero-order valence-electron chi connectivity index (χ0n) is 15.9. The monoisotopic (exact) mass is 388 g/mol. The molecule has 1 aromatic heterocycles. The van der Waals surface area contributed by atoms with Crippen LogP contribution < -0.4 is 5.32 Å². The van der Waals surface area contributed by atoms with Gasteiger partial charge in [-0.3, -0.25) is 4.79 Å². The Morgan fingerprint density at radius 3 is 2.56 bits per heavy atom. The smallest absolute Gasteiger partial charge is 0.258 e. The second-order valence-corrected chi connectivity index (χ2v) is 6.27. The van der Waals surface area contributed by atoms with Gasteiger partial charge in [0.25, 0.3) is 5.91 Å². The summed E-state index contributed by atoms with van der Waals surface area (Å²) in [6.45, 7) is 9.55. The van der Waals surface area contributed by atoms with E-state index in [1.54, 1.807) is 18.3 Å². The number of hydrogen-bond donors (Lipinski definition) is 1. The fourth-order valence-electron chi connectivity index (χ4n) is 2.45. The fraction of sp³-hybridized carbons (Fsp3) is 0.350. The van der Waals surface area contributed by atoms with Crippen molar-refractivity contribution in [2.75, 3.05) is 31.6 Å². The molecule has 1 amide bonds. The van der Waals surface area contributed by atoms with Crippen molar-refractivity contribution in [3.8, 4) is 0 Å². The van der Waals surface area contributed by atoms with E-state index in [1.807, 2.05) is 31.2 Å². The fourth-order valence-corrected chi connectivity index (χ4v) is 2.66. The Morgan fingerprint density at radius 2 is 1.93 bits per heavy atom. The number of likely N-dealkylation sites (N-methyl/N-ethyl adjacent to an activating group) is 1. The first-order valence-electron chi connectivity index (χ1n) is 8.96. The summed E-state index contributed by atoms with van der Waals surface area (Å²) in [5.41, 5.74) is 2.71. The van der Waals surface area contributed by atoms with Gasteiger partial charge < -0.3 is 15.1 Å². The number of nitrogens with one attached hydrogen (secondary N) is 1. The molecule has 144 valence electrons.